The number of phenolic OH excluding ortho intramolecular Hbond substituents is 1. The van der Waals surface area contributed by atoms with E-state index in [1.165, 1.54) is 12.0 Å². The van der Waals surface area contributed by atoms with Crippen molar-refractivity contribution in [2.75, 3.05) is 6.54 Å². The number of fused-ring (bicyclic) bond motifs is 1. The van der Waals surface area contributed by atoms with Gasteiger partial charge >= 0.3 is 0 Å². The van der Waals surface area contributed by atoms with Gasteiger partial charge in [-0.15, -0.1) is 0 Å². The van der Waals surface area contributed by atoms with Crippen molar-refractivity contribution in [2.45, 2.75) is 25.4 Å². The van der Waals surface area contributed by atoms with E-state index < -0.39 is 0 Å². The Morgan fingerprint density at radius 1 is 0.913 bits per heavy atom. The van der Waals surface area contributed by atoms with Gasteiger partial charge in [0.05, 0.1) is 0 Å². The fraction of sp³-hybridized carbons (Fsp3) is 0.238. The van der Waals surface area contributed by atoms with Crippen molar-refractivity contribution in [1.29, 1.82) is 0 Å². The summed E-state index contributed by atoms with van der Waals surface area (Å²) in [5.41, 5.74) is 2.40. The summed E-state index contributed by atoms with van der Waals surface area (Å²) in [7, 11) is 0. The lowest BCUT2D eigenvalue weighted by molar-refractivity contribution is 0.244. The summed E-state index contributed by atoms with van der Waals surface area (Å²) >= 11 is 0. The molecule has 0 bridgehead atoms. The zero-order chi connectivity index (χ0) is 15.6. The van der Waals surface area contributed by atoms with Gasteiger partial charge in [-0.25, -0.2) is 0 Å². The van der Waals surface area contributed by atoms with Crippen LogP contribution in [-0.4, -0.2) is 16.6 Å². The van der Waals surface area contributed by atoms with E-state index >= 15 is 0 Å². The Morgan fingerprint density at radius 2 is 1.70 bits per heavy atom. The van der Waals surface area contributed by atoms with Gasteiger partial charge in [0.15, 0.2) is 0 Å². The second-order valence-corrected chi connectivity index (χ2v) is 6.34. The quantitative estimate of drug-likeness (QED) is 0.745. The fourth-order valence-corrected chi connectivity index (χ4v) is 3.73. The van der Waals surface area contributed by atoms with Crippen molar-refractivity contribution < 1.29 is 5.11 Å². The van der Waals surface area contributed by atoms with Crippen LogP contribution in [0.1, 0.15) is 30.0 Å². The van der Waals surface area contributed by atoms with E-state index in [4.69, 9.17) is 0 Å². The zero-order valence-electron chi connectivity index (χ0n) is 13.2. The molecule has 2 heteroatoms. The van der Waals surface area contributed by atoms with Crippen LogP contribution in [-0.2, 0) is 6.54 Å². The molecule has 116 valence electrons. The lowest BCUT2D eigenvalue weighted by atomic mass is 9.98. The average molecular weight is 303 g/mol. The Morgan fingerprint density at radius 3 is 2.57 bits per heavy atom. The highest BCUT2D eigenvalue weighted by Gasteiger charge is 2.28. The molecule has 1 aliphatic rings. The number of hydrogen-bond acceptors (Lipinski definition) is 2. The first-order valence-electron chi connectivity index (χ1n) is 8.31. The fourth-order valence-electron chi connectivity index (χ4n) is 3.73. The third kappa shape index (κ3) is 2.71. The molecule has 1 unspecified atom stereocenters. The van der Waals surface area contributed by atoms with Crippen LogP contribution in [0, 0.1) is 0 Å². The largest absolute Gasteiger partial charge is 0.507 e. The minimum absolute atomic E-state index is 0.305. The van der Waals surface area contributed by atoms with Gasteiger partial charge in [-0.2, -0.15) is 0 Å². The van der Waals surface area contributed by atoms with Crippen LogP contribution in [0.3, 0.4) is 0 Å². The predicted octanol–water partition coefficient (Wildman–Crippen LogP) is 4.88. The molecule has 3 aromatic rings. The summed E-state index contributed by atoms with van der Waals surface area (Å²) in [5.74, 6) is 0.452. The molecule has 0 saturated carbocycles. The van der Waals surface area contributed by atoms with Crippen molar-refractivity contribution in [3.8, 4) is 5.75 Å². The number of rotatable bonds is 3. The molecule has 2 nitrogen and oxygen atoms in total. The van der Waals surface area contributed by atoms with E-state index in [0.717, 1.165) is 35.8 Å². The number of benzene rings is 3. The second kappa shape index (κ2) is 6.05. The molecule has 0 aliphatic carbocycles. The first kappa shape index (κ1) is 14.3. The number of aromatic hydroxyl groups is 1. The van der Waals surface area contributed by atoms with Gasteiger partial charge < -0.3 is 5.11 Å². The van der Waals surface area contributed by atoms with E-state index in [0.29, 0.717) is 11.8 Å². The Balaban J connectivity index is 1.67. The minimum Gasteiger partial charge on any atom is -0.507 e. The predicted molar refractivity (Wildman–Crippen MR) is 94.4 cm³/mol. The molecule has 0 amide bonds. The van der Waals surface area contributed by atoms with Crippen LogP contribution in [0.25, 0.3) is 10.8 Å². The molecule has 4 rings (SSSR count). The van der Waals surface area contributed by atoms with Crippen LogP contribution < -0.4 is 0 Å². The topological polar surface area (TPSA) is 23.5 Å². The molecule has 1 aliphatic heterocycles. The van der Waals surface area contributed by atoms with Crippen LogP contribution in [0.15, 0.2) is 66.7 Å². The van der Waals surface area contributed by atoms with Crippen molar-refractivity contribution in [3.63, 3.8) is 0 Å². The molecule has 0 spiro atoms. The summed E-state index contributed by atoms with van der Waals surface area (Å²) in [5, 5.41) is 12.8. The molecular weight excluding hydrogens is 282 g/mol. The van der Waals surface area contributed by atoms with E-state index in [1.807, 2.05) is 18.2 Å². The Hall–Kier alpha value is -2.32. The maximum atomic E-state index is 10.8. The lowest BCUT2D eigenvalue weighted by Gasteiger charge is -2.26. The SMILES string of the molecule is Oc1c(C2CCCN2Cc2ccccc2)ccc2ccccc12. The summed E-state index contributed by atoms with van der Waals surface area (Å²) in [4.78, 5) is 2.49. The maximum absolute atomic E-state index is 10.8. The molecule has 23 heavy (non-hydrogen) atoms. The van der Waals surface area contributed by atoms with E-state index in [-0.39, 0.29) is 0 Å². The van der Waals surface area contributed by atoms with E-state index in [2.05, 4.69) is 53.4 Å². The normalized spacial score (nSPS) is 18.5. The Kier molecular flexibility index (Phi) is 3.76. The molecule has 0 radical (unpaired) electrons. The molecular formula is C21H21NO. The molecule has 0 aromatic heterocycles. The smallest absolute Gasteiger partial charge is 0.128 e. The number of hydrogen-bond donors (Lipinski definition) is 1. The first-order chi connectivity index (χ1) is 11.3. The average Bonchev–Trinajstić information content (AvgIpc) is 3.04. The minimum atomic E-state index is 0.305. The van der Waals surface area contributed by atoms with Crippen LogP contribution in [0.5, 0.6) is 5.75 Å². The Bertz CT molecular complexity index is 812. The summed E-state index contributed by atoms with van der Waals surface area (Å²) in [6, 6.07) is 23.2. The second-order valence-electron chi connectivity index (χ2n) is 6.34. The van der Waals surface area contributed by atoms with Gasteiger partial charge in [-0.1, -0.05) is 66.7 Å². The molecule has 1 fully saturated rings. The molecule has 3 aromatic carbocycles. The first-order valence-corrected chi connectivity index (χ1v) is 8.31. The highest BCUT2D eigenvalue weighted by molar-refractivity contribution is 5.89. The number of nitrogens with zero attached hydrogens (tertiary/aromatic N) is 1. The van der Waals surface area contributed by atoms with Crippen molar-refractivity contribution in [2.24, 2.45) is 0 Å². The van der Waals surface area contributed by atoms with Crippen molar-refractivity contribution in [1.82, 2.24) is 4.90 Å². The Labute approximate surface area is 137 Å². The van der Waals surface area contributed by atoms with Gasteiger partial charge in [0.2, 0.25) is 0 Å². The van der Waals surface area contributed by atoms with Crippen LogP contribution in [0.2, 0.25) is 0 Å². The highest BCUT2D eigenvalue weighted by atomic mass is 16.3. The van der Waals surface area contributed by atoms with Crippen LogP contribution >= 0.6 is 0 Å². The van der Waals surface area contributed by atoms with Gasteiger partial charge in [0, 0.05) is 23.5 Å². The lowest BCUT2D eigenvalue weighted by Crippen LogP contribution is -2.22. The third-order valence-electron chi connectivity index (χ3n) is 4.88. The van der Waals surface area contributed by atoms with Crippen LogP contribution in [0.4, 0.5) is 0 Å². The van der Waals surface area contributed by atoms with Gasteiger partial charge in [0.1, 0.15) is 5.75 Å². The molecule has 1 heterocycles. The monoisotopic (exact) mass is 303 g/mol. The summed E-state index contributed by atoms with van der Waals surface area (Å²) in [6.07, 6.45) is 2.29. The standard InChI is InChI=1S/C21H21NO/c23-21-18-10-5-4-9-17(18)12-13-19(21)20-11-6-14-22(20)15-16-7-2-1-3-8-16/h1-5,7-10,12-13,20,23H,6,11,14-15H2. The third-order valence-corrected chi connectivity index (χ3v) is 4.88. The van der Waals surface area contributed by atoms with E-state index in [9.17, 15) is 5.11 Å². The number of likely N-dealkylation sites (tertiary alicyclic amines) is 1. The van der Waals surface area contributed by atoms with Gasteiger partial charge in [-0.3, -0.25) is 4.90 Å². The molecule has 1 N–H and O–H groups in total. The van der Waals surface area contributed by atoms with Crippen molar-refractivity contribution in [3.05, 3.63) is 77.9 Å². The highest BCUT2D eigenvalue weighted by Crippen LogP contribution is 2.40. The number of phenols is 1. The summed E-state index contributed by atoms with van der Waals surface area (Å²) < 4.78 is 0. The van der Waals surface area contributed by atoms with E-state index in [1.54, 1.807) is 0 Å². The van der Waals surface area contributed by atoms with Gasteiger partial charge in [-0.05, 0) is 30.3 Å². The zero-order valence-corrected chi connectivity index (χ0v) is 13.2. The molecule has 1 saturated heterocycles. The molecule has 1 atom stereocenters. The van der Waals surface area contributed by atoms with Gasteiger partial charge in [0.25, 0.3) is 0 Å². The maximum Gasteiger partial charge on any atom is 0.128 e. The van der Waals surface area contributed by atoms with Crippen molar-refractivity contribution >= 4 is 10.8 Å². The summed E-state index contributed by atoms with van der Waals surface area (Å²) in [6.45, 7) is 2.03.